The first-order valence-corrected chi connectivity index (χ1v) is 10.8. The van der Waals surface area contributed by atoms with Gasteiger partial charge in [0.2, 0.25) is 0 Å². The normalized spacial score (nSPS) is 11.8. The highest BCUT2D eigenvalue weighted by molar-refractivity contribution is 6.32. The summed E-state index contributed by atoms with van der Waals surface area (Å²) in [5.41, 5.74) is 2.24. The van der Waals surface area contributed by atoms with E-state index in [0.29, 0.717) is 11.4 Å². The van der Waals surface area contributed by atoms with Gasteiger partial charge in [-0.3, -0.25) is 14.9 Å². The summed E-state index contributed by atoms with van der Waals surface area (Å²) < 4.78 is 5.89. The summed E-state index contributed by atoms with van der Waals surface area (Å²) in [5, 5.41) is 13.7. The van der Waals surface area contributed by atoms with Crippen molar-refractivity contribution in [3.8, 4) is 5.75 Å². The maximum atomic E-state index is 12.4. The highest BCUT2D eigenvalue weighted by atomic mass is 35.5. The zero-order valence-corrected chi connectivity index (χ0v) is 19.8. The predicted octanol–water partition coefficient (Wildman–Crippen LogP) is 6.64. The Labute approximate surface area is 189 Å². The van der Waals surface area contributed by atoms with Gasteiger partial charge >= 0.3 is 0 Å². The Kier molecular flexibility index (Phi) is 7.71. The second kappa shape index (κ2) is 9.69. The van der Waals surface area contributed by atoms with E-state index in [-0.39, 0.29) is 28.1 Å². The molecule has 0 saturated heterocycles. The molecule has 0 aliphatic heterocycles. The Bertz CT molecular complexity index is 970. The summed E-state index contributed by atoms with van der Waals surface area (Å²) in [4.78, 5) is 22.9. The third kappa shape index (κ3) is 5.97. The van der Waals surface area contributed by atoms with Crippen LogP contribution in [-0.2, 0) is 15.6 Å². The molecule has 2 aromatic rings. The third-order valence-electron chi connectivity index (χ3n) is 6.04. The highest BCUT2D eigenvalue weighted by Gasteiger charge is 2.27. The van der Waals surface area contributed by atoms with Gasteiger partial charge in [0.25, 0.3) is 11.6 Å². The summed E-state index contributed by atoms with van der Waals surface area (Å²) in [6, 6.07) is 10.3. The van der Waals surface area contributed by atoms with E-state index in [1.165, 1.54) is 23.8 Å². The van der Waals surface area contributed by atoms with Crippen LogP contribution in [0.2, 0.25) is 5.02 Å². The zero-order valence-electron chi connectivity index (χ0n) is 19.0. The van der Waals surface area contributed by atoms with Crippen LogP contribution in [0.25, 0.3) is 0 Å². The topological polar surface area (TPSA) is 81.5 Å². The van der Waals surface area contributed by atoms with E-state index >= 15 is 0 Å². The number of nitrogens with zero attached hydrogens (tertiary/aromatic N) is 1. The molecule has 2 aromatic carbocycles. The molecule has 0 atom stereocenters. The monoisotopic (exact) mass is 446 g/mol. The minimum atomic E-state index is -0.590. The fourth-order valence-corrected chi connectivity index (χ4v) is 3.26. The molecule has 1 N–H and O–H groups in total. The Balaban J connectivity index is 2.21. The van der Waals surface area contributed by atoms with Crippen molar-refractivity contribution in [1.82, 2.24) is 0 Å². The predicted molar refractivity (Wildman–Crippen MR) is 125 cm³/mol. The largest absolute Gasteiger partial charge is 0.483 e. The molecule has 0 spiro atoms. The Morgan fingerprint density at radius 2 is 1.71 bits per heavy atom. The third-order valence-corrected chi connectivity index (χ3v) is 6.36. The van der Waals surface area contributed by atoms with Gasteiger partial charge in [0.05, 0.1) is 4.92 Å². The van der Waals surface area contributed by atoms with Gasteiger partial charge < -0.3 is 10.1 Å². The lowest BCUT2D eigenvalue weighted by Crippen LogP contribution is -2.24. The molecule has 168 valence electrons. The van der Waals surface area contributed by atoms with E-state index in [4.69, 9.17) is 16.3 Å². The lowest BCUT2D eigenvalue weighted by atomic mass is 9.76. The molecule has 0 heterocycles. The van der Waals surface area contributed by atoms with E-state index < -0.39 is 10.8 Å². The van der Waals surface area contributed by atoms with Crippen molar-refractivity contribution in [3.05, 3.63) is 62.7 Å². The fraction of sp³-hybridized carbons (Fsp3) is 0.458. The molecule has 0 unspecified atom stereocenters. The van der Waals surface area contributed by atoms with Gasteiger partial charge in [-0.05, 0) is 47.4 Å². The quantitative estimate of drug-likeness (QED) is 0.345. The number of nitro groups is 1. The summed E-state index contributed by atoms with van der Waals surface area (Å²) in [5.74, 6) is 0.259. The summed E-state index contributed by atoms with van der Waals surface area (Å²) in [6.07, 6.45) is 1.93. The molecule has 2 rings (SSSR count). The van der Waals surface area contributed by atoms with Gasteiger partial charge in [-0.15, -0.1) is 0 Å². The molecule has 31 heavy (non-hydrogen) atoms. The molecule has 0 fully saturated rings. The van der Waals surface area contributed by atoms with Crippen LogP contribution in [0, 0.1) is 10.1 Å². The number of benzene rings is 2. The molecule has 7 heteroatoms. The number of nitrogens with one attached hydrogen (secondary N) is 1. The fourth-order valence-electron chi connectivity index (χ4n) is 3.07. The lowest BCUT2D eigenvalue weighted by Gasteiger charge is -2.30. The van der Waals surface area contributed by atoms with Crippen LogP contribution in [0.4, 0.5) is 11.4 Å². The van der Waals surface area contributed by atoms with Crippen molar-refractivity contribution in [3.63, 3.8) is 0 Å². The van der Waals surface area contributed by atoms with Crippen LogP contribution in [0.5, 0.6) is 5.75 Å². The van der Waals surface area contributed by atoms with E-state index in [1.54, 1.807) is 0 Å². The molecule has 0 bridgehead atoms. The standard InChI is InChI=1S/C24H31ClN2O4/c1-7-23(3,4)16-9-12-21(18(13-16)24(5,6)8-2)31-15-22(28)26-17-10-11-19(25)20(14-17)27(29)30/h9-14H,7-8,15H2,1-6H3,(H,26,28). The molecule has 0 aliphatic carbocycles. The molecular weight excluding hydrogens is 416 g/mol. The lowest BCUT2D eigenvalue weighted by molar-refractivity contribution is -0.384. The van der Waals surface area contributed by atoms with Crippen molar-refractivity contribution in [2.24, 2.45) is 0 Å². The first kappa shape index (κ1) is 24.7. The average Bonchev–Trinajstić information content (AvgIpc) is 2.73. The van der Waals surface area contributed by atoms with Crippen molar-refractivity contribution in [1.29, 1.82) is 0 Å². The van der Waals surface area contributed by atoms with Crippen LogP contribution >= 0.6 is 11.6 Å². The Hall–Kier alpha value is -2.60. The van der Waals surface area contributed by atoms with E-state index in [9.17, 15) is 14.9 Å². The van der Waals surface area contributed by atoms with Crippen molar-refractivity contribution < 1.29 is 14.5 Å². The van der Waals surface area contributed by atoms with E-state index in [0.717, 1.165) is 18.4 Å². The zero-order chi connectivity index (χ0) is 23.4. The van der Waals surface area contributed by atoms with Crippen molar-refractivity contribution >= 4 is 28.9 Å². The van der Waals surface area contributed by atoms with Gasteiger partial charge in [0, 0.05) is 17.3 Å². The van der Waals surface area contributed by atoms with Gasteiger partial charge in [0.15, 0.2) is 6.61 Å². The van der Waals surface area contributed by atoms with Gasteiger partial charge in [0.1, 0.15) is 10.8 Å². The van der Waals surface area contributed by atoms with E-state index in [2.05, 4.69) is 59.0 Å². The highest BCUT2D eigenvalue weighted by Crippen LogP contribution is 2.38. The number of halogens is 1. The number of carbonyl (C=O) groups is 1. The maximum absolute atomic E-state index is 12.4. The Morgan fingerprint density at radius 1 is 1.06 bits per heavy atom. The van der Waals surface area contributed by atoms with E-state index in [1.807, 2.05) is 6.07 Å². The molecule has 0 aromatic heterocycles. The smallest absolute Gasteiger partial charge is 0.289 e. The van der Waals surface area contributed by atoms with Gasteiger partial charge in [-0.1, -0.05) is 65.3 Å². The van der Waals surface area contributed by atoms with Crippen LogP contribution in [-0.4, -0.2) is 17.4 Å². The number of nitro benzene ring substituents is 1. The number of amides is 1. The SMILES string of the molecule is CCC(C)(C)c1ccc(OCC(=O)Nc2ccc(Cl)c([N+](=O)[O-])c2)c(C(C)(C)CC)c1. The number of ether oxygens (including phenoxy) is 1. The molecule has 0 saturated carbocycles. The second-order valence-electron chi connectivity index (χ2n) is 8.95. The summed E-state index contributed by atoms with van der Waals surface area (Å²) >= 11 is 5.82. The van der Waals surface area contributed by atoms with Gasteiger partial charge in [-0.25, -0.2) is 0 Å². The molecule has 0 aliphatic rings. The summed E-state index contributed by atoms with van der Waals surface area (Å²) in [6.45, 7) is 12.8. The van der Waals surface area contributed by atoms with Crippen LogP contribution in [0.1, 0.15) is 65.5 Å². The van der Waals surface area contributed by atoms with Gasteiger partial charge in [-0.2, -0.15) is 0 Å². The maximum Gasteiger partial charge on any atom is 0.289 e. The number of hydrogen-bond donors (Lipinski definition) is 1. The average molecular weight is 447 g/mol. The number of carbonyl (C=O) groups excluding carboxylic acids is 1. The second-order valence-corrected chi connectivity index (χ2v) is 9.35. The number of hydrogen-bond acceptors (Lipinski definition) is 4. The number of anilines is 1. The molecule has 6 nitrogen and oxygen atoms in total. The van der Waals surface area contributed by atoms with Crippen molar-refractivity contribution in [2.75, 3.05) is 11.9 Å². The summed E-state index contributed by atoms with van der Waals surface area (Å²) in [7, 11) is 0. The van der Waals surface area contributed by atoms with Crippen molar-refractivity contribution in [2.45, 2.75) is 65.2 Å². The first-order valence-electron chi connectivity index (χ1n) is 10.4. The number of rotatable bonds is 9. The molecule has 0 radical (unpaired) electrons. The van der Waals surface area contributed by atoms with Crippen LogP contribution < -0.4 is 10.1 Å². The Morgan fingerprint density at radius 3 is 2.29 bits per heavy atom. The minimum Gasteiger partial charge on any atom is -0.483 e. The molecule has 1 amide bonds. The minimum absolute atomic E-state index is 0.0146. The first-order chi connectivity index (χ1) is 14.4. The van der Waals surface area contributed by atoms with Crippen LogP contribution in [0.15, 0.2) is 36.4 Å². The molecular formula is C24H31ClN2O4. The van der Waals surface area contributed by atoms with Crippen LogP contribution in [0.3, 0.4) is 0 Å².